The molecule has 1 atom stereocenters. The van der Waals surface area contributed by atoms with Crippen LogP contribution in [0.4, 0.5) is 0 Å². The van der Waals surface area contributed by atoms with Crippen molar-refractivity contribution < 1.29 is 4.79 Å². The zero-order chi connectivity index (χ0) is 12.1. The highest BCUT2D eigenvalue weighted by Crippen LogP contribution is 2.03. The summed E-state index contributed by atoms with van der Waals surface area (Å²) in [6.07, 6.45) is 0.657. The molecular formula is C12H19N3O. The highest BCUT2D eigenvalue weighted by Gasteiger charge is 2.16. The molecule has 0 aromatic carbocycles. The van der Waals surface area contributed by atoms with Crippen molar-refractivity contribution in [3.63, 3.8) is 0 Å². The highest BCUT2D eigenvalue weighted by atomic mass is 16.2. The third kappa shape index (κ3) is 3.31. The summed E-state index contributed by atoms with van der Waals surface area (Å²) < 4.78 is 0. The molecule has 1 rings (SSSR count). The molecule has 1 amide bonds. The maximum Gasteiger partial charge on any atom is 0.239 e. The zero-order valence-electron chi connectivity index (χ0n) is 10.1. The van der Waals surface area contributed by atoms with Crippen LogP contribution in [-0.2, 0) is 11.3 Å². The van der Waals surface area contributed by atoms with Crippen LogP contribution in [0.3, 0.4) is 0 Å². The van der Waals surface area contributed by atoms with Gasteiger partial charge in [-0.25, -0.2) is 0 Å². The van der Waals surface area contributed by atoms with Gasteiger partial charge in [-0.1, -0.05) is 13.0 Å². The van der Waals surface area contributed by atoms with Crippen molar-refractivity contribution in [1.82, 2.24) is 9.88 Å². The summed E-state index contributed by atoms with van der Waals surface area (Å²) in [6, 6.07) is 5.38. The van der Waals surface area contributed by atoms with E-state index in [1.165, 1.54) is 0 Å². The highest BCUT2D eigenvalue weighted by molar-refractivity contribution is 5.81. The molecule has 0 unspecified atom stereocenters. The van der Waals surface area contributed by atoms with Crippen LogP contribution in [0.2, 0.25) is 0 Å². The molecule has 0 saturated heterocycles. The molecular weight excluding hydrogens is 202 g/mol. The van der Waals surface area contributed by atoms with Gasteiger partial charge in [0.15, 0.2) is 0 Å². The quantitative estimate of drug-likeness (QED) is 0.827. The molecule has 1 heterocycles. The summed E-state index contributed by atoms with van der Waals surface area (Å²) in [5, 5.41) is 0. The molecule has 1 aromatic rings. The number of aryl methyl sites for hydroxylation is 1. The van der Waals surface area contributed by atoms with Crippen molar-refractivity contribution >= 4 is 5.91 Å². The Kier molecular flexibility index (Phi) is 4.43. The Labute approximate surface area is 96.5 Å². The van der Waals surface area contributed by atoms with E-state index in [-0.39, 0.29) is 5.91 Å². The number of pyridine rings is 1. The van der Waals surface area contributed by atoms with E-state index < -0.39 is 6.04 Å². The Morgan fingerprint density at radius 2 is 2.25 bits per heavy atom. The maximum absolute atomic E-state index is 11.7. The summed E-state index contributed by atoms with van der Waals surface area (Å²) in [6.45, 7) is 4.35. The number of amides is 1. The van der Waals surface area contributed by atoms with Gasteiger partial charge in [-0.2, -0.15) is 0 Å². The van der Waals surface area contributed by atoms with E-state index in [4.69, 9.17) is 5.73 Å². The minimum Gasteiger partial charge on any atom is -0.339 e. The fourth-order valence-corrected chi connectivity index (χ4v) is 1.47. The van der Waals surface area contributed by atoms with Crippen LogP contribution in [-0.4, -0.2) is 28.9 Å². The Balaban J connectivity index is 2.64. The van der Waals surface area contributed by atoms with Gasteiger partial charge in [-0.05, 0) is 25.5 Å². The average Bonchev–Trinajstić information content (AvgIpc) is 2.27. The lowest BCUT2D eigenvalue weighted by molar-refractivity contribution is -0.131. The SMILES string of the molecule is CC[C@@H](N)C(=O)N(C)Cc1cccc(C)n1. The molecule has 2 N–H and O–H groups in total. The Bertz CT molecular complexity index is 365. The second-order valence-corrected chi connectivity index (χ2v) is 3.98. The predicted octanol–water partition coefficient (Wildman–Crippen LogP) is 1.09. The van der Waals surface area contributed by atoms with Crippen molar-refractivity contribution in [2.24, 2.45) is 5.73 Å². The smallest absolute Gasteiger partial charge is 0.239 e. The van der Waals surface area contributed by atoms with Gasteiger partial charge in [0.25, 0.3) is 0 Å². The number of likely N-dealkylation sites (N-methyl/N-ethyl adjacent to an activating group) is 1. The van der Waals surface area contributed by atoms with Crippen molar-refractivity contribution in [3.8, 4) is 0 Å². The molecule has 0 radical (unpaired) electrons. The molecule has 0 fully saturated rings. The third-order valence-corrected chi connectivity index (χ3v) is 2.48. The van der Waals surface area contributed by atoms with E-state index in [0.29, 0.717) is 13.0 Å². The van der Waals surface area contributed by atoms with Gasteiger partial charge in [0.1, 0.15) is 0 Å². The second kappa shape index (κ2) is 5.61. The van der Waals surface area contributed by atoms with Gasteiger partial charge in [0, 0.05) is 12.7 Å². The molecule has 16 heavy (non-hydrogen) atoms. The lowest BCUT2D eigenvalue weighted by Crippen LogP contribution is -2.41. The molecule has 0 aliphatic heterocycles. The molecule has 1 aromatic heterocycles. The van der Waals surface area contributed by atoms with E-state index in [0.717, 1.165) is 11.4 Å². The summed E-state index contributed by atoms with van der Waals surface area (Å²) in [5.41, 5.74) is 7.53. The number of nitrogens with two attached hydrogens (primary N) is 1. The summed E-state index contributed by atoms with van der Waals surface area (Å²) in [5.74, 6) is -0.0363. The lowest BCUT2D eigenvalue weighted by atomic mass is 10.2. The average molecular weight is 221 g/mol. The summed E-state index contributed by atoms with van der Waals surface area (Å²) in [7, 11) is 1.75. The van der Waals surface area contributed by atoms with Crippen LogP contribution < -0.4 is 5.73 Å². The van der Waals surface area contributed by atoms with Crippen LogP contribution in [0.5, 0.6) is 0 Å². The number of hydrogen-bond acceptors (Lipinski definition) is 3. The van der Waals surface area contributed by atoms with Gasteiger partial charge >= 0.3 is 0 Å². The first kappa shape index (κ1) is 12.6. The van der Waals surface area contributed by atoms with Crippen LogP contribution in [0.25, 0.3) is 0 Å². The Morgan fingerprint density at radius 3 is 2.81 bits per heavy atom. The Hall–Kier alpha value is -1.42. The van der Waals surface area contributed by atoms with Gasteiger partial charge in [0.05, 0.1) is 18.3 Å². The summed E-state index contributed by atoms with van der Waals surface area (Å²) >= 11 is 0. The molecule has 0 aliphatic rings. The van der Waals surface area contributed by atoms with E-state index in [1.807, 2.05) is 32.0 Å². The standard InChI is InChI=1S/C12H19N3O/c1-4-11(13)12(16)15(3)8-10-7-5-6-9(2)14-10/h5-7,11H,4,8,13H2,1-3H3/t11-/m1/s1. The van der Waals surface area contributed by atoms with Crippen molar-refractivity contribution in [2.45, 2.75) is 32.9 Å². The Morgan fingerprint density at radius 1 is 1.56 bits per heavy atom. The number of hydrogen-bond donors (Lipinski definition) is 1. The van der Waals surface area contributed by atoms with Crippen molar-refractivity contribution in [1.29, 1.82) is 0 Å². The van der Waals surface area contributed by atoms with E-state index >= 15 is 0 Å². The normalized spacial score (nSPS) is 12.2. The fourth-order valence-electron chi connectivity index (χ4n) is 1.47. The molecule has 88 valence electrons. The van der Waals surface area contributed by atoms with E-state index in [1.54, 1.807) is 11.9 Å². The molecule has 0 spiro atoms. The number of nitrogens with zero attached hydrogens (tertiary/aromatic N) is 2. The van der Waals surface area contributed by atoms with Crippen LogP contribution >= 0.6 is 0 Å². The number of aromatic nitrogens is 1. The fraction of sp³-hybridized carbons (Fsp3) is 0.500. The number of carbonyl (C=O) groups excluding carboxylic acids is 1. The molecule has 4 nitrogen and oxygen atoms in total. The zero-order valence-corrected chi connectivity index (χ0v) is 10.1. The van der Waals surface area contributed by atoms with E-state index in [2.05, 4.69) is 4.98 Å². The molecule has 0 saturated carbocycles. The first-order valence-corrected chi connectivity index (χ1v) is 5.47. The first-order valence-electron chi connectivity index (χ1n) is 5.47. The largest absolute Gasteiger partial charge is 0.339 e. The third-order valence-electron chi connectivity index (χ3n) is 2.48. The van der Waals surface area contributed by atoms with Gasteiger partial charge in [-0.15, -0.1) is 0 Å². The van der Waals surface area contributed by atoms with E-state index in [9.17, 15) is 4.79 Å². The lowest BCUT2D eigenvalue weighted by Gasteiger charge is -2.20. The predicted molar refractivity (Wildman–Crippen MR) is 63.7 cm³/mol. The number of rotatable bonds is 4. The monoisotopic (exact) mass is 221 g/mol. The maximum atomic E-state index is 11.7. The topological polar surface area (TPSA) is 59.2 Å². The minimum absolute atomic E-state index is 0.0363. The summed E-state index contributed by atoms with van der Waals surface area (Å²) in [4.78, 5) is 17.7. The van der Waals surface area contributed by atoms with Crippen LogP contribution in [0, 0.1) is 6.92 Å². The van der Waals surface area contributed by atoms with Crippen molar-refractivity contribution in [2.75, 3.05) is 7.05 Å². The minimum atomic E-state index is -0.408. The van der Waals surface area contributed by atoms with Crippen molar-refractivity contribution in [3.05, 3.63) is 29.6 Å². The van der Waals surface area contributed by atoms with Gasteiger partial charge in [0.2, 0.25) is 5.91 Å². The number of carbonyl (C=O) groups is 1. The van der Waals surface area contributed by atoms with Crippen LogP contribution in [0.1, 0.15) is 24.7 Å². The van der Waals surface area contributed by atoms with Crippen LogP contribution in [0.15, 0.2) is 18.2 Å². The molecule has 0 bridgehead atoms. The van der Waals surface area contributed by atoms with Gasteiger partial charge in [-0.3, -0.25) is 9.78 Å². The molecule has 0 aliphatic carbocycles. The molecule has 4 heteroatoms. The van der Waals surface area contributed by atoms with Gasteiger partial charge < -0.3 is 10.6 Å². The second-order valence-electron chi connectivity index (χ2n) is 3.98. The first-order chi connectivity index (χ1) is 7.54.